The second kappa shape index (κ2) is 6.71. The molecule has 94 valence electrons. The fourth-order valence-electron chi connectivity index (χ4n) is 1.24. The molecule has 0 saturated heterocycles. The molecule has 2 N–H and O–H groups in total. The van der Waals surface area contributed by atoms with Crippen LogP contribution in [-0.4, -0.2) is 34.1 Å². The van der Waals surface area contributed by atoms with Crippen LogP contribution in [-0.2, 0) is 0 Å². The van der Waals surface area contributed by atoms with Crippen molar-refractivity contribution in [2.24, 2.45) is 0 Å². The number of anilines is 1. The molecule has 1 atom stereocenters. The number of aromatic carboxylic acids is 1. The molecule has 0 fully saturated rings. The quantitative estimate of drug-likeness (QED) is 0.835. The van der Waals surface area contributed by atoms with Crippen molar-refractivity contribution in [3.05, 3.63) is 22.8 Å². The van der Waals surface area contributed by atoms with Crippen molar-refractivity contribution < 1.29 is 9.90 Å². The van der Waals surface area contributed by atoms with Gasteiger partial charge >= 0.3 is 5.97 Å². The van der Waals surface area contributed by atoms with Crippen LogP contribution in [0, 0.1) is 0 Å². The molecule has 0 saturated carbocycles. The largest absolute Gasteiger partial charge is 0.478 e. The second-order valence-electron chi connectivity index (χ2n) is 3.59. The third-order valence-corrected chi connectivity index (χ3v) is 3.79. The van der Waals surface area contributed by atoms with Crippen LogP contribution >= 0.6 is 23.4 Å². The number of hydrogen-bond acceptors (Lipinski definition) is 4. The van der Waals surface area contributed by atoms with Gasteiger partial charge in [0.25, 0.3) is 0 Å². The van der Waals surface area contributed by atoms with Crippen LogP contribution in [0.2, 0.25) is 5.02 Å². The van der Waals surface area contributed by atoms with E-state index in [0.717, 1.165) is 13.0 Å². The lowest BCUT2D eigenvalue weighted by Crippen LogP contribution is -2.10. The van der Waals surface area contributed by atoms with Gasteiger partial charge < -0.3 is 10.4 Å². The summed E-state index contributed by atoms with van der Waals surface area (Å²) in [7, 11) is 0. The second-order valence-corrected chi connectivity index (χ2v) is 5.24. The van der Waals surface area contributed by atoms with Crippen molar-refractivity contribution in [1.29, 1.82) is 0 Å². The van der Waals surface area contributed by atoms with E-state index in [1.54, 1.807) is 11.8 Å². The lowest BCUT2D eigenvalue weighted by molar-refractivity contribution is 0.0697. The molecule has 6 heteroatoms. The normalized spacial score (nSPS) is 12.2. The molecule has 4 nitrogen and oxygen atoms in total. The van der Waals surface area contributed by atoms with E-state index in [1.807, 2.05) is 0 Å². The summed E-state index contributed by atoms with van der Waals surface area (Å²) in [6.07, 6.45) is 4.47. The fraction of sp³-hybridized carbons (Fsp3) is 0.455. The Labute approximate surface area is 110 Å². The summed E-state index contributed by atoms with van der Waals surface area (Å²) in [5.74, 6) is -0.613. The van der Waals surface area contributed by atoms with Gasteiger partial charge in [0.05, 0.1) is 10.6 Å². The van der Waals surface area contributed by atoms with Crippen LogP contribution in [0.4, 0.5) is 5.82 Å². The van der Waals surface area contributed by atoms with Crippen LogP contribution in [0.3, 0.4) is 0 Å². The number of carboxylic acid groups (broad SMARTS) is 1. The number of hydrogen-bond donors (Lipinski definition) is 2. The number of nitrogens with one attached hydrogen (secondary N) is 1. The number of carboxylic acids is 1. The van der Waals surface area contributed by atoms with Gasteiger partial charge in [0.15, 0.2) is 0 Å². The molecule has 1 heterocycles. The zero-order valence-electron chi connectivity index (χ0n) is 9.74. The molecule has 0 aliphatic heterocycles. The predicted octanol–water partition coefficient (Wildman–Crippen LogP) is 2.99. The van der Waals surface area contributed by atoms with Gasteiger partial charge in [-0.25, -0.2) is 9.78 Å². The molecule has 0 amide bonds. The van der Waals surface area contributed by atoms with Crippen molar-refractivity contribution in [3.8, 4) is 0 Å². The topological polar surface area (TPSA) is 62.2 Å². The Kier molecular flexibility index (Phi) is 5.58. The molecule has 0 bridgehead atoms. The Morgan fingerprint density at radius 1 is 1.71 bits per heavy atom. The fourth-order valence-corrected chi connectivity index (χ4v) is 1.86. The van der Waals surface area contributed by atoms with Gasteiger partial charge in [-0.2, -0.15) is 11.8 Å². The van der Waals surface area contributed by atoms with Crippen LogP contribution in [0.15, 0.2) is 12.3 Å². The van der Waals surface area contributed by atoms with E-state index in [4.69, 9.17) is 16.7 Å². The zero-order valence-corrected chi connectivity index (χ0v) is 11.3. The van der Waals surface area contributed by atoms with Crippen LogP contribution in [0.25, 0.3) is 0 Å². The molecular formula is C11H15ClN2O2S. The van der Waals surface area contributed by atoms with Gasteiger partial charge in [-0.05, 0) is 18.7 Å². The van der Waals surface area contributed by atoms with E-state index in [0.29, 0.717) is 11.1 Å². The Morgan fingerprint density at radius 2 is 2.41 bits per heavy atom. The average molecular weight is 275 g/mol. The highest BCUT2D eigenvalue weighted by Crippen LogP contribution is 2.23. The van der Waals surface area contributed by atoms with Crippen molar-refractivity contribution in [2.75, 3.05) is 18.1 Å². The van der Waals surface area contributed by atoms with E-state index in [9.17, 15) is 4.79 Å². The van der Waals surface area contributed by atoms with Gasteiger partial charge in [0.1, 0.15) is 5.82 Å². The van der Waals surface area contributed by atoms with E-state index >= 15 is 0 Å². The molecule has 0 spiro atoms. The Bertz CT molecular complexity index is 401. The summed E-state index contributed by atoms with van der Waals surface area (Å²) in [5.41, 5.74) is 0.0714. The number of nitrogens with zero attached hydrogens (tertiary/aromatic N) is 1. The maximum Gasteiger partial charge on any atom is 0.337 e. The highest BCUT2D eigenvalue weighted by Gasteiger charge is 2.12. The molecule has 0 aliphatic carbocycles. The number of thioether (sulfide) groups is 1. The Morgan fingerprint density at radius 3 is 3.00 bits per heavy atom. The number of aromatic nitrogens is 1. The Hall–Kier alpha value is -0.940. The van der Waals surface area contributed by atoms with Crippen molar-refractivity contribution in [3.63, 3.8) is 0 Å². The predicted molar refractivity (Wildman–Crippen MR) is 72.3 cm³/mol. The monoisotopic (exact) mass is 274 g/mol. The van der Waals surface area contributed by atoms with Crippen LogP contribution in [0.5, 0.6) is 0 Å². The van der Waals surface area contributed by atoms with E-state index in [-0.39, 0.29) is 10.6 Å². The van der Waals surface area contributed by atoms with Crippen LogP contribution < -0.4 is 5.32 Å². The van der Waals surface area contributed by atoms with Gasteiger partial charge in [-0.1, -0.05) is 18.5 Å². The summed E-state index contributed by atoms with van der Waals surface area (Å²) in [5, 5.41) is 12.7. The molecular weight excluding hydrogens is 260 g/mol. The molecule has 1 unspecified atom stereocenters. The lowest BCUT2D eigenvalue weighted by atomic mass is 10.2. The summed E-state index contributed by atoms with van der Waals surface area (Å²) in [6, 6.07) is 1.39. The highest BCUT2D eigenvalue weighted by molar-refractivity contribution is 7.99. The maximum atomic E-state index is 10.9. The highest BCUT2D eigenvalue weighted by atomic mass is 35.5. The van der Waals surface area contributed by atoms with Crippen LogP contribution in [0.1, 0.15) is 23.7 Å². The molecule has 17 heavy (non-hydrogen) atoms. The third kappa shape index (κ3) is 4.09. The number of pyridine rings is 1. The van der Waals surface area contributed by atoms with E-state index < -0.39 is 5.97 Å². The average Bonchev–Trinajstić information content (AvgIpc) is 2.30. The SMILES string of the molecule is CSC(C)CCNc1nccc(C(=O)O)c1Cl. The zero-order chi connectivity index (χ0) is 12.8. The first-order chi connectivity index (χ1) is 8.06. The summed E-state index contributed by atoms with van der Waals surface area (Å²) < 4.78 is 0. The smallest absolute Gasteiger partial charge is 0.337 e. The number of carbonyl (C=O) groups is 1. The van der Waals surface area contributed by atoms with Crippen molar-refractivity contribution in [2.45, 2.75) is 18.6 Å². The maximum absolute atomic E-state index is 10.9. The molecule has 0 radical (unpaired) electrons. The van der Waals surface area contributed by atoms with Gasteiger partial charge in [0, 0.05) is 18.0 Å². The van der Waals surface area contributed by atoms with Gasteiger partial charge in [0.2, 0.25) is 0 Å². The molecule has 0 aromatic carbocycles. The Balaban J connectivity index is 2.66. The first-order valence-electron chi connectivity index (χ1n) is 5.20. The lowest BCUT2D eigenvalue weighted by Gasteiger charge is -2.11. The summed E-state index contributed by atoms with van der Waals surface area (Å²) in [4.78, 5) is 14.9. The number of rotatable bonds is 6. The molecule has 1 aromatic rings. The van der Waals surface area contributed by atoms with Gasteiger partial charge in [-0.15, -0.1) is 0 Å². The first-order valence-corrected chi connectivity index (χ1v) is 6.87. The summed E-state index contributed by atoms with van der Waals surface area (Å²) in [6.45, 7) is 2.85. The van der Waals surface area contributed by atoms with Crippen molar-refractivity contribution >= 4 is 35.1 Å². The van der Waals surface area contributed by atoms with E-state index in [2.05, 4.69) is 23.5 Å². The summed E-state index contributed by atoms with van der Waals surface area (Å²) >= 11 is 7.73. The molecule has 1 rings (SSSR count). The molecule has 1 aromatic heterocycles. The van der Waals surface area contributed by atoms with Gasteiger partial charge in [-0.3, -0.25) is 0 Å². The minimum absolute atomic E-state index is 0.0714. The first kappa shape index (κ1) is 14.1. The standard InChI is InChI=1S/C11H15ClN2O2S/c1-7(17-2)3-5-13-10-9(12)8(11(15)16)4-6-14-10/h4,6-7H,3,5H2,1-2H3,(H,13,14)(H,15,16). The molecule has 0 aliphatic rings. The van der Waals surface area contributed by atoms with Crippen molar-refractivity contribution in [1.82, 2.24) is 4.98 Å². The minimum Gasteiger partial charge on any atom is -0.478 e. The van der Waals surface area contributed by atoms with E-state index in [1.165, 1.54) is 12.3 Å². The third-order valence-electron chi connectivity index (χ3n) is 2.37. The number of halogens is 1. The minimum atomic E-state index is -1.04.